The van der Waals surface area contributed by atoms with Gasteiger partial charge in [-0.05, 0) is 24.6 Å². The van der Waals surface area contributed by atoms with Crippen LogP contribution >= 0.6 is 0 Å². The van der Waals surface area contributed by atoms with Crippen LogP contribution in [0.4, 0.5) is 23.1 Å². The fraction of sp³-hybridized carbons (Fsp3) is 0.250. The van der Waals surface area contributed by atoms with Crippen molar-refractivity contribution in [1.29, 1.82) is 0 Å². The summed E-state index contributed by atoms with van der Waals surface area (Å²) in [5.41, 5.74) is 0.755. The Hall–Kier alpha value is -3.59. The van der Waals surface area contributed by atoms with Gasteiger partial charge in [-0.2, -0.15) is 0 Å². The van der Waals surface area contributed by atoms with Gasteiger partial charge in [0.15, 0.2) is 0 Å². The molecule has 3 rings (SSSR count). The normalized spacial score (nSPS) is 11.7. The van der Waals surface area contributed by atoms with Gasteiger partial charge < -0.3 is 15.0 Å². The van der Waals surface area contributed by atoms with Crippen molar-refractivity contribution < 1.29 is 9.66 Å². The molecule has 1 aromatic carbocycles. The van der Waals surface area contributed by atoms with Gasteiger partial charge in [0.1, 0.15) is 12.1 Å². The maximum absolute atomic E-state index is 12.0. The van der Waals surface area contributed by atoms with Crippen LogP contribution in [-0.2, 0) is 11.3 Å². The second kappa shape index (κ2) is 9.56. The van der Waals surface area contributed by atoms with Crippen molar-refractivity contribution in [1.82, 2.24) is 15.0 Å². The van der Waals surface area contributed by atoms with Crippen LogP contribution in [0.1, 0.15) is 12.5 Å². The van der Waals surface area contributed by atoms with Gasteiger partial charge in [-0.3, -0.25) is 10.1 Å². The number of nitrogens with zero attached hydrogens (tertiary/aromatic N) is 5. The van der Waals surface area contributed by atoms with Crippen molar-refractivity contribution in [3.63, 3.8) is 0 Å². The van der Waals surface area contributed by atoms with Gasteiger partial charge in [-0.15, -0.1) is 0 Å². The van der Waals surface area contributed by atoms with Crippen molar-refractivity contribution in [2.45, 2.75) is 19.5 Å². The largest absolute Gasteiger partial charge is 0.383 e. The van der Waals surface area contributed by atoms with E-state index in [0.717, 1.165) is 5.56 Å². The highest BCUT2D eigenvalue weighted by atomic mass is 16.6. The van der Waals surface area contributed by atoms with Crippen molar-refractivity contribution in [3.8, 4) is 0 Å². The summed E-state index contributed by atoms with van der Waals surface area (Å²) in [6.45, 7) is 2.60. The van der Waals surface area contributed by atoms with Crippen LogP contribution in [-0.4, -0.2) is 39.6 Å². The van der Waals surface area contributed by atoms with E-state index in [1.165, 1.54) is 6.33 Å². The highest BCUT2D eigenvalue weighted by Crippen LogP contribution is 2.36. The Kier molecular flexibility index (Phi) is 6.64. The fourth-order valence-electron chi connectivity index (χ4n) is 2.91. The Morgan fingerprint density at radius 1 is 1.14 bits per heavy atom. The summed E-state index contributed by atoms with van der Waals surface area (Å²) < 4.78 is 5.11. The highest BCUT2D eigenvalue weighted by molar-refractivity contribution is 5.74. The molecule has 1 unspecified atom stereocenters. The van der Waals surface area contributed by atoms with Gasteiger partial charge in [0.25, 0.3) is 0 Å². The lowest BCUT2D eigenvalue weighted by Gasteiger charge is -2.23. The summed E-state index contributed by atoms with van der Waals surface area (Å²) in [7, 11) is 1.57. The van der Waals surface area contributed by atoms with E-state index in [1.54, 1.807) is 30.3 Å². The second-order valence-electron chi connectivity index (χ2n) is 6.41. The van der Waals surface area contributed by atoms with Crippen LogP contribution in [0.2, 0.25) is 0 Å². The molecule has 0 saturated heterocycles. The zero-order chi connectivity index (χ0) is 20.6. The Bertz CT molecular complexity index is 939. The Morgan fingerprint density at radius 3 is 2.55 bits per heavy atom. The molecule has 0 radical (unpaired) electrons. The third-order valence-electron chi connectivity index (χ3n) is 4.15. The summed E-state index contributed by atoms with van der Waals surface area (Å²) in [6.07, 6.45) is 2.95. The number of hydrogen-bond donors (Lipinski definition) is 1. The van der Waals surface area contributed by atoms with Crippen molar-refractivity contribution in [2.75, 3.05) is 23.9 Å². The lowest BCUT2D eigenvalue weighted by molar-refractivity contribution is -0.383. The van der Waals surface area contributed by atoms with Crippen LogP contribution in [0, 0.1) is 10.1 Å². The molecule has 0 aliphatic carbocycles. The smallest absolute Gasteiger partial charge is 0.353 e. The molecule has 0 amide bonds. The number of nitrogens with one attached hydrogen (secondary N) is 1. The van der Waals surface area contributed by atoms with Crippen LogP contribution in [0.3, 0.4) is 0 Å². The molecular formula is C20H22N6O3. The summed E-state index contributed by atoms with van der Waals surface area (Å²) in [4.78, 5) is 25.9. The number of anilines is 3. The van der Waals surface area contributed by atoms with Crippen LogP contribution in [0.15, 0.2) is 61.1 Å². The molecule has 2 aromatic heterocycles. The van der Waals surface area contributed by atoms with Gasteiger partial charge in [-0.25, -0.2) is 15.0 Å². The molecule has 0 spiro atoms. The maximum Gasteiger partial charge on any atom is 0.353 e. The van der Waals surface area contributed by atoms with E-state index < -0.39 is 4.92 Å². The molecule has 0 fully saturated rings. The third kappa shape index (κ3) is 5.02. The lowest BCUT2D eigenvalue weighted by Crippen LogP contribution is -2.24. The van der Waals surface area contributed by atoms with E-state index in [4.69, 9.17) is 4.74 Å². The highest BCUT2D eigenvalue weighted by Gasteiger charge is 2.29. The number of hydrogen-bond acceptors (Lipinski definition) is 8. The van der Waals surface area contributed by atoms with Gasteiger partial charge >= 0.3 is 5.69 Å². The monoisotopic (exact) mass is 394 g/mol. The van der Waals surface area contributed by atoms with E-state index in [9.17, 15) is 10.1 Å². The minimum Gasteiger partial charge on any atom is -0.383 e. The van der Waals surface area contributed by atoms with E-state index in [-0.39, 0.29) is 23.4 Å². The van der Waals surface area contributed by atoms with Gasteiger partial charge in [0, 0.05) is 19.3 Å². The molecule has 0 bridgehead atoms. The Labute approximate surface area is 168 Å². The first-order chi connectivity index (χ1) is 14.1. The molecule has 9 nitrogen and oxygen atoms in total. The van der Waals surface area contributed by atoms with Gasteiger partial charge in [0.05, 0.1) is 18.1 Å². The number of methoxy groups -OCH3 is 1. The van der Waals surface area contributed by atoms with Gasteiger partial charge in [0.2, 0.25) is 11.6 Å². The number of benzene rings is 1. The van der Waals surface area contributed by atoms with E-state index in [0.29, 0.717) is 19.0 Å². The number of pyridine rings is 1. The van der Waals surface area contributed by atoms with Gasteiger partial charge in [-0.1, -0.05) is 36.4 Å². The maximum atomic E-state index is 12.0. The number of nitro groups is 1. The minimum absolute atomic E-state index is 0.138. The van der Waals surface area contributed by atoms with Crippen LogP contribution < -0.4 is 10.2 Å². The zero-order valence-electron chi connectivity index (χ0n) is 16.2. The standard InChI is InChI=1S/C20H22N6O3/c1-15(13-29-2)24-19-18(26(27)28)20(23-14-22-19)25(17-10-6-7-11-21-17)12-16-8-4-3-5-9-16/h3-11,14-15H,12-13H2,1-2H3,(H,22,23,24). The molecule has 2 heterocycles. The molecular weight excluding hydrogens is 372 g/mol. The molecule has 1 atom stereocenters. The molecule has 150 valence electrons. The van der Waals surface area contributed by atoms with E-state index in [1.807, 2.05) is 43.3 Å². The third-order valence-corrected chi connectivity index (χ3v) is 4.15. The van der Waals surface area contributed by atoms with E-state index in [2.05, 4.69) is 20.3 Å². The molecule has 0 aliphatic rings. The predicted octanol–water partition coefficient (Wildman–Crippen LogP) is 3.56. The summed E-state index contributed by atoms with van der Waals surface area (Å²) in [5, 5.41) is 15.0. The molecule has 0 saturated carbocycles. The Morgan fingerprint density at radius 2 is 1.90 bits per heavy atom. The molecule has 9 heteroatoms. The summed E-state index contributed by atoms with van der Waals surface area (Å²) in [5.74, 6) is 0.854. The fourth-order valence-corrected chi connectivity index (χ4v) is 2.91. The van der Waals surface area contributed by atoms with Crippen LogP contribution in [0.5, 0.6) is 0 Å². The first kappa shape index (κ1) is 20.2. The average molecular weight is 394 g/mol. The van der Waals surface area contributed by atoms with Crippen molar-refractivity contribution in [3.05, 3.63) is 76.7 Å². The first-order valence-electron chi connectivity index (χ1n) is 9.07. The molecule has 1 N–H and O–H groups in total. The lowest BCUT2D eigenvalue weighted by atomic mass is 10.2. The number of ether oxygens (including phenoxy) is 1. The zero-order valence-corrected chi connectivity index (χ0v) is 16.2. The van der Waals surface area contributed by atoms with Crippen molar-refractivity contribution >= 4 is 23.1 Å². The molecule has 29 heavy (non-hydrogen) atoms. The number of aromatic nitrogens is 3. The number of rotatable bonds is 9. The average Bonchev–Trinajstić information content (AvgIpc) is 2.73. The topological polar surface area (TPSA) is 106 Å². The molecule has 3 aromatic rings. The van der Waals surface area contributed by atoms with E-state index >= 15 is 0 Å². The Balaban J connectivity index is 2.08. The van der Waals surface area contributed by atoms with Crippen molar-refractivity contribution in [2.24, 2.45) is 0 Å². The SMILES string of the molecule is COCC(C)Nc1ncnc(N(Cc2ccccc2)c2ccccn2)c1[N+](=O)[O-]. The summed E-state index contributed by atoms with van der Waals surface area (Å²) in [6, 6.07) is 14.9. The second-order valence-corrected chi connectivity index (χ2v) is 6.41. The minimum atomic E-state index is -0.474. The summed E-state index contributed by atoms with van der Waals surface area (Å²) >= 11 is 0. The first-order valence-corrected chi connectivity index (χ1v) is 9.07. The van der Waals surface area contributed by atoms with Crippen LogP contribution in [0.25, 0.3) is 0 Å². The predicted molar refractivity (Wildman–Crippen MR) is 110 cm³/mol. The molecule has 0 aliphatic heterocycles. The quantitative estimate of drug-likeness (QED) is 0.434.